The molecule has 88 valence electrons. The Balaban J connectivity index is 2.34. The zero-order valence-electron chi connectivity index (χ0n) is 8.92. The lowest BCUT2D eigenvalue weighted by molar-refractivity contribution is 0.101. The Morgan fingerprint density at radius 3 is 2.76 bits per heavy atom. The van der Waals surface area contributed by atoms with Crippen molar-refractivity contribution in [3.05, 3.63) is 47.2 Å². The SMILES string of the molecule is Cc1ccc(F)c(C(=O)Nc2ccn[nH]2)c1F. The molecule has 17 heavy (non-hydrogen) atoms. The van der Waals surface area contributed by atoms with Crippen LogP contribution in [-0.4, -0.2) is 16.1 Å². The van der Waals surface area contributed by atoms with E-state index in [1.165, 1.54) is 25.3 Å². The maximum atomic E-state index is 13.6. The van der Waals surface area contributed by atoms with Crippen LogP contribution in [0.4, 0.5) is 14.6 Å². The number of carbonyl (C=O) groups is 1. The Bertz CT molecular complexity index is 552. The third-order valence-corrected chi connectivity index (χ3v) is 2.26. The lowest BCUT2D eigenvalue weighted by Gasteiger charge is -2.06. The van der Waals surface area contributed by atoms with Crippen LogP contribution < -0.4 is 5.32 Å². The first-order chi connectivity index (χ1) is 8.09. The zero-order valence-corrected chi connectivity index (χ0v) is 8.92. The fourth-order valence-electron chi connectivity index (χ4n) is 1.38. The molecule has 0 unspecified atom stereocenters. The lowest BCUT2D eigenvalue weighted by Crippen LogP contribution is -2.16. The van der Waals surface area contributed by atoms with Gasteiger partial charge in [-0.05, 0) is 18.6 Å². The molecule has 0 atom stereocenters. The van der Waals surface area contributed by atoms with Gasteiger partial charge < -0.3 is 5.32 Å². The van der Waals surface area contributed by atoms with Gasteiger partial charge in [0, 0.05) is 6.07 Å². The normalized spacial score (nSPS) is 10.3. The number of nitrogens with one attached hydrogen (secondary N) is 2. The number of amides is 1. The number of H-pyrrole nitrogens is 1. The molecule has 0 spiro atoms. The second-order valence-corrected chi connectivity index (χ2v) is 3.48. The van der Waals surface area contributed by atoms with Gasteiger partial charge in [-0.3, -0.25) is 9.89 Å². The average molecular weight is 237 g/mol. The number of aromatic amines is 1. The van der Waals surface area contributed by atoms with Gasteiger partial charge in [0.1, 0.15) is 23.0 Å². The molecule has 2 aromatic rings. The molecule has 0 bridgehead atoms. The molecule has 0 radical (unpaired) electrons. The summed E-state index contributed by atoms with van der Waals surface area (Å²) in [5.41, 5.74) is -0.388. The summed E-state index contributed by atoms with van der Waals surface area (Å²) in [4.78, 5) is 11.7. The Kier molecular flexibility index (Phi) is 2.86. The van der Waals surface area contributed by atoms with Crippen molar-refractivity contribution in [3.63, 3.8) is 0 Å². The van der Waals surface area contributed by atoms with E-state index in [4.69, 9.17) is 0 Å². The number of hydrogen-bond donors (Lipinski definition) is 2. The summed E-state index contributed by atoms with van der Waals surface area (Å²) in [7, 11) is 0. The van der Waals surface area contributed by atoms with Gasteiger partial charge >= 0.3 is 0 Å². The molecular weight excluding hydrogens is 228 g/mol. The molecule has 1 aromatic carbocycles. The number of hydrogen-bond acceptors (Lipinski definition) is 2. The lowest BCUT2D eigenvalue weighted by atomic mass is 10.1. The second-order valence-electron chi connectivity index (χ2n) is 3.48. The average Bonchev–Trinajstić information content (AvgIpc) is 2.77. The highest BCUT2D eigenvalue weighted by Crippen LogP contribution is 2.17. The van der Waals surface area contributed by atoms with E-state index in [9.17, 15) is 13.6 Å². The molecule has 0 fully saturated rings. The quantitative estimate of drug-likeness (QED) is 0.841. The summed E-state index contributed by atoms with van der Waals surface area (Å²) in [6.45, 7) is 1.46. The number of halogens is 2. The topological polar surface area (TPSA) is 57.8 Å². The van der Waals surface area contributed by atoms with E-state index < -0.39 is 23.1 Å². The highest BCUT2D eigenvalue weighted by molar-refractivity contribution is 6.04. The number of rotatable bonds is 2. The molecule has 1 aromatic heterocycles. The van der Waals surface area contributed by atoms with E-state index in [2.05, 4.69) is 15.5 Å². The highest BCUT2D eigenvalue weighted by atomic mass is 19.1. The molecule has 0 aliphatic heterocycles. The Labute approximate surface area is 95.7 Å². The van der Waals surface area contributed by atoms with Crippen molar-refractivity contribution in [2.24, 2.45) is 0 Å². The Morgan fingerprint density at radius 1 is 1.35 bits per heavy atom. The minimum Gasteiger partial charge on any atom is -0.307 e. The molecule has 1 heterocycles. The summed E-state index contributed by atoms with van der Waals surface area (Å²) < 4.78 is 27.0. The monoisotopic (exact) mass is 237 g/mol. The van der Waals surface area contributed by atoms with Gasteiger partial charge in [0.05, 0.1) is 6.20 Å². The molecule has 0 aliphatic carbocycles. The second kappa shape index (κ2) is 4.32. The standard InChI is InChI=1S/C11H9F2N3O/c1-6-2-3-7(12)9(10(6)13)11(17)15-8-4-5-14-16-8/h2-5H,1H3,(H2,14,15,16,17). The molecule has 1 amide bonds. The number of anilines is 1. The van der Waals surface area contributed by atoms with Crippen LogP contribution in [0.3, 0.4) is 0 Å². The Hall–Kier alpha value is -2.24. The van der Waals surface area contributed by atoms with Crippen LogP contribution in [0.1, 0.15) is 15.9 Å². The van der Waals surface area contributed by atoms with Gasteiger partial charge in [-0.15, -0.1) is 0 Å². The van der Waals surface area contributed by atoms with Gasteiger partial charge in [0.2, 0.25) is 0 Å². The van der Waals surface area contributed by atoms with Gasteiger partial charge in [-0.2, -0.15) is 5.10 Å². The van der Waals surface area contributed by atoms with Crippen LogP contribution >= 0.6 is 0 Å². The van der Waals surface area contributed by atoms with Crippen molar-refractivity contribution in [2.45, 2.75) is 6.92 Å². The van der Waals surface area contributed by atoms with Gasteiger partial charge in [-0.25, -0.2) is 8.78 Å². The largest absolute Gasteiger partial charge is 0.307 e. The first kappa shape index (κ1) is 11.3. The molecular formula is C11H9F2N3O. The number of benzene rings is 1. The first-order valence-corrected chi connectivity index (χ1v) is 4.85. The van der Waals surface area contributed by atoms with E-state index in [-0.39, 0.29) is 11.4 Å². The minimum absolute atomic E-state index is 0.209. The number of aryl methyl sites for hydroxylation is 1. The van der Waals surface area contributed by atoms with Crippen LogP contribution in [0.15, 0.2) is 24.4 Å². The summed E-state index contributed by atoms with van der Waals surface area (Å²) in [5.74, 6) is -2.34. The van der Waals surface area contributed by atoms with E-state index in [0.29, 0.717) is 0 Å². The smallest absolute Gasteiger partial charge is 0.262 e. The molecule has 0 aliphatic rings. The molecule has 2 N–H and O–H groups in total. The minimum atomic E-state index is -0.898. The van der Waals surface area contributed by atoms with Crippen LogP contribution in [0.2, 0.25) is 0 Å². The van der Waals surface area contributed by atoms with Crippen molar-refractivity contribution in [1.82, 2.24) is 10.2 Å². The summed E-state index contributed by atoms with van der Waals surface area (Å²) in [6, 6.07) is 3.81. The third-order valence-electron chi connectivity index (χ3n) is 2.26. The van der Waals surface area contributed by atoms with Crippen LogP contribution in [0, 0.1) is 18.6 Å². The molecule has 0 saturated carbocycles. The van der Waals surface area contributed by atoms with Crippen LogP contribution in [0.5, 0.6) is 0 Å². The van der Waals surface area contributed by atoms with E-state index >= 15 is 0 Å². The Morgan fingerprint density at radius 2 is 2.12 bits per heavy atom. The van der Waals surface area contributed by atoms with Gasteiger partial charge in [-0.1, -0.05) is 6.07 Å². The fourth-order valence-corrected chi connectivity index (χ4v) is 1.38. The van der Waals surface area contributed by atoms with E-state index in [1.807, 2.05) is 0 Å². The maximum Gasteiger partial charge on any atom is 0.262 e. The third kappa shape index (κ3) is 2.15. The molecule has 2 rings (SSSR count). The van der Waals surface area contributed by atoms with Crippen molar-refractivity contribution >= 4 is 11.7 Å². The highest BCUT2D eigenvalue weighted by Gasteiger charge is 2.19. The summed E-state index contributed by atoms with van der Waals surface area (Å²) in [6.07, 6.45) is 1.42. The predicted octanol–water partition coefficient (Wildman–Crippen LogP) is 2.25. The van der Waals surface area contributed by atoms with Gasteiger partial charge in [0.15, 0.2) is 0 Å². The number of aromatic nitrogens is 2. The number of nitrogens with zero attached hydrogens (tertiary/aromatic N) is 1. The van der Waals surface area contributed by atoms with Crippen molar-refractivity contribution in [3.8, 4) is 0 Å². The zero-order chi connectivity index (χ0) is 12.4. The van der Waals surface area contributed by atoms with Crippen molar-refractivity contribution < 1.29 is 13.6 Å². The van der Waals surface area contributed by atoms with Gasteiger partial charge in [0.25, 0.3) is 5.91 Å². The summed E-state index contributed by atoms with van der Waals surface area (Å²) >= 11 is 0. The van der Waals surface area contributed by atoms with Crippen LogP contribution in [0.25, 0.3) is 0 Å². The first-order valence-electron chi connectivity index (χ1n) is 4.85. The van der Waals surface area contributed by atoms with E-state index in [1.54, 1.807) is 0 Å². The molecule has 6 heteroatoms. The molecule has 0 saturated heterocycles. The summed E-state index contributed by atoms with van der Waals surface area (Å²) in [5, 5.41) is 8.38. The number of carbonyl (C=O) groups excluding carboxylic acids is 1. The van der Waals surface area contributed by atoms with Crippen molar-refractivity contribution in [1.29, 1.82) is 0 Å². The van der Waals surface area contributed by atoms with Crippen molar-refractivity contribution in [2.75, 3.05) is 5.32 Å². The predicted molar refractivity (Wildman–Crippen MR) is 57.6 cm³/mol. The fraction of sp³-hybridized carbons (Fsp3) is 0.0909. The molecule has 4 nitrogen and oxygen atoms in total. The van der Waals surface area contributed by atoms with Crippen LogP contribution in [-0.2, 0) is 0 Å². The maximum absolute atomic E-state index is 13.6. The van der Waals surface area contributed by atoms with E-state index in [0.717, 1.165) is 6.07 Å².